The van der Waals surface area contributed by atoms with Gasteiger partial charge < -0.3 is 9.47 Å². The summed E-state index contributed by atoms with van der Waals surface area (Å²) in [6, 6.07) is 17.6. The third-order valence-corrected chi connectivity index (χ3v) is 7.39. The van der Waals surface area contributed by atoms with Gasteiger partial charge in [0, 0.05) is 18.4 Å². The molecule has 0 bridgehead atoms. The average molecular weight is 378 g/mol. The summed E-state index contributed by atoms with van der Waals surface area (Å²) in [7, 11) is 0. The molecule has 2 aromatic rings. The standard InChI is InChI=1S/C24H28NO3/c1-3-25-14-13-17(23(26)27-4-2)15-22(25)24(25)19-10-6-5-9-18(19)16-28-21-12-8-7-11-20(21)24/h5-12,17,22H,3-4,13-16H2,1-2H3/q+1/t17?,22?,24-,25?/m1/s1. The van der Waals surface area contributed by atoms with Crippen LogP contribution in [0.5, 0.6) is 5.75 Å². The van der Waals surface area contributed by atoms with Gasteiger partial charge in [-0.3, -0.25) is 9.28 Å². The Kier molecular flexibility index (Phi) is 4.02. The molecule has 1 spiro atoms. The SMILES string of the molecule is CCOC(=O)C1CC[N+]2(CC)C(C1)[C@]21c2ccccc2COc2ccccc21. The molecular formula is C24H28NO3+. The van der Waals surface area contributed by atoms with Gasteiger partial charge in [-0.1, -0.05) is 36.4 Å². The molecule has 3 unspecified atom stereocenters. The molecule has 3 aliphatic rings. The summed E-state index contributed by atoms with van der Waals surface area (Å²) in [5.74, 6) is 0.974. The molecule has 2 aromatic carbocycles. The number of para-hydroxylation sites is 1. The van der Waals surface area contributed by atoms with E-state index in [1.807, 2.05) is 6.92 Å². The van der Waals surface area contributed by atoms with E-state index in [9.17, 15) is 4.79 Å². The lowest BCUT2D eigenvalue weighted by molar-refractivity contribution is -0.845. The maximum Gasteiger partial charge on any atom is 0.309 e. The molecule has 0 aromatic heterocycles. The number of hydrogen-bond donors (Lipinski definition) is 0. The van der Waals surface area contributed by atoms with Crippen LogP contribution in [0.2, 0.25) is 0 Å². The predicted molar refractivity (Wildman–Crippen MR) is 107 cm³/mol. The van der Waals surface area contributed by atoms with Gasteiger partial charge >= 0.3 is 5.97 Å². The highest BCUT2D eigenvalue weighted by Crippen LogP contribution is 2.68. The molecule has 28 heavy (non-hydrogen) atoms. The highest BCUT2D eigenvalue weighted by Gasteiger charge is 2.82. The number of piperidine rings is 1. The van der Waals surface area contributed by atoms with E-state index in [2.05, 4.69) is 55.5 Å². The van der Waals surface area contributed by atoms with Gasteiger partial charge in [-0.25, -0.2) is 0 Å². The fourth-order valence-corrected chi connectivity index (χ4v) is 6.25. The van der Waals surface area contributed by atoms with E-state index >= 15 is 0 Å². The monoisotopic (exact) mass is 378 g/mol. The summed E-state index contributed by atoms with van der Waals surface area (Å²) in [5.41, 5.74) is 3.83. The summed E-state index contributed by atoms with van der Waals surface area (Å²) in [6.07, 6.45) is 1.78. The van der Waals surface area contributed by atoms with Crippen LogP contribution in [0, 0.1) is 5.92 Å². The van der Waals surface area contributed by atoms with Gasteiger partial charge in [0.05, 0.1) is 31.2 Å². The summed E-state index contributed by atoms with van der Waals surface area (Å²) in [5, 5.41) is 0. The number of benzene rings is 2. The van der Waals surface area contributed by atoms with Crippen LogP contribution in [0.15, 0.2) is 48.5 Å². The summed E-state index contributed by atoms with van der Waals surface area (Å²) < 4.78 is 12.7. The van der Waals surface area contributed by atoms with Gasteiger partial charge in [0.25, 0.3) is 0 Å². The molecule has 0 amide bonds. The van der Waals surface area contributed by atoms with Crippen molar-refractivity contribution in [3.63, 3.8) is 0 Å². The second-order valence-electron chi connectivity index (χ2n) is 8.27. The molecule has 0 N–H and O–H groups in total. The van der Waals surface area contributed by atoms with Gasteiger partial charge in [-0.2, -0.15) is 0 Å². The van der Waals surface area contributed by atoms with Crippen molar-refractivity contribution in [3.8, 4) is 5.75 Å². The van der Waals surface area contributed by atoms with E-state index in [1.165, 1.54) is 16.7 Å². The molecule has 0 radical (unpaired) electrons. The van der Waals surface area contributed by atoms with Gasteiger partial charge in [0.1, 0.15) is 12.4 Å². The van der Waals surface area contributed by atoms with Crippen molar-refractivity contribution >= 4 is 5.97 Å². The Hall–Kier alpha value is -2.33. The first-order chi connectivity index (χ1) is 13.7. The highest BCUT2D eigenvalue weighted by atomic mass is 16.5. The zero-order chi connectivity index (χ0) is 19.4. The molecule has 146 valence electrons. The first-order valence-electron chi connectivity index (χ1n) is 10.5. The van der Waals surface area contributed by atoms with Gasteiger partial charge in [0.15, 0.2) is 6.04 Å². The van der Waals surface area contributed by atoms with E-state index in [0.29, 0.717) is 19.3 Å². The summed E-state index contributed by atoms with van der Waals surface area (Å²) in [6.45, 7) is 7.31. The Morgan fingerprint density at radius 2 is 1.89 bits per heavy atom. The number of hydrogen-bond acceptors (Lipinski definition) is 3. The quantitative estimate of drug-likeness (QED) is 0.460. The number of nitrogens with zero attached hydrogens (tertiary/aromatic N) is 1. The van der Waals surface area contributed by atoms with E-state index in [4.69, 9.17) is 9.47 Å². The van der Waals surface area contributed by atoms with Crippen LogP contribution in [0.25, 0.3) is 0 Å². The molecule has 4 atom stereocenters. The zero-order valence-corrected chi connectivity index (χ0v) is 16.7. The van der Waals surface area contributed by atoms with Crippen molar-refractivity contribution in [2.45, 2.75) is 44.9 Å². The second kappa shape index (κ2) is 6.35. The minimum absolute atomic E-state index is 0.00520. The number of fused-ring (bicyclic) bond motifs is 7. The van der Waals surface area contributed by atoms with E-state index in [-0.39, 0.29) is 17.4 Å². The normalized spacial score (nSPS) is 32.4. The van der Waals surface area contributed by atoms with Crippen molar-refractivity contribution in [2.24, 2.45) is 5.92 Å². The first-order valence-corrected chi connectivity index (χ1v) is 10.5. The molecule has 2 fully saturated rings. The number of esters is 1. The number of likely N-dealkylation sites (N-methyl/N-ethyl adjacent to an activating group) is 1. The Labute approximate surface area is 166 Å². The van der Waals surface area contributed by atoms with Crippen LogP contribution < -0.4 is 4.74 Å². The molecule has 0 saturated carbocycles. The van der Waals surface area contributed by atoms with E-state index in [0.717, 1.165) is 36.2 Å². The van der Waals surface area contributed by atoms with Crippen molar-refractivity contribution in [3.05, 3.63) is 65.2 Å². The Balaban J connectivity index is 1.68. The average Bonchev–Trinajstić information content (AvgIpc) is 3.39. The molecule has 2 saturated heterocycles. The van der Waals surface area contributed by atoms with Gasteiger partial charge in [-0.05, 0) is 31.5 Å². The van der Waals surface area contributed by atoms with E-state index < -0.39 is 0 Å². The number of quaternary nitrogens is 1. The number of ether oxygens (including phenoxy) is 2. The molecular weight excluding hydrogens is 350 g/mol. The molecule has 5 rings (SSSR count). The van der Waals surface area contributed by atoms with Crippen molar-refractivity contribution in [1.29, 1.82) is 0 Å². The van der Waals surface area contributed by atoms with Crippen LogP contribution in [-0.4, -0.2) is 36.2 Å². The lowest BCUT2D eigenvalue weighted by atomic mass is 9.82. The minimum atomic E-state index is -0.111. The molecule has 3 heterocycles. The fraction of sp³-hybridized carbons (Fsp3) is 0.458. The van der Waals surface area contributed by atoms with Gasteiger partial charge in [-0.15, -0.1) is 0 Å². The maximum atomic E-state index is 12.5. The van der Waals surface area contributed by atoms with E-state index in [1.54, 1.807) is 0 Å². The fourth-order valence-electron chi connectivity index (χ4n) is 6.25. The van der Waals surface area contributed by atoms with Crippen molar-refractivity contribution in [1.82, 2.24) is 0 Å². The van der Waals surface area contributed by atoms with Crippen molar-refractivity contribution in [2.75, 3.05) is 19.7 Å². The Morgan fingerprint density at radius 3 is 2.68 bits per heavy atom. The zero-order valence-electron chi connectivity index (χ0n) is 16.7. The maximum absolute atomic E-state index is 12.5. The minimum Gasteiger partial charge on any atom is -0.488 e. The number of carbonyl (C=O) groups is 1. The van der Waals surface area contributed by atoms with Crippen LogP contribution in [0.3, 0.4) is 0 Å². The molecule has 0 aliphatic carbocycles. The summed E-state index contributed by atoms with van der Waals surface area (Å²) in [4.78, 5) is 12.5. The molecule has 3 aliphatic heterocycles. The predicted octanol–water partition coefficient (Wildman–Crippen LogP) is 4.01. The van der Waals surface area contributed by atoms with Crippen LogP contribution in [0.4, 0.5) is 0 Å². The Morgan fingerprint density at radius 1 is 1.14 bits per heavy atom. The third-order valence-electron chi connectivity index (χ3n) is 7.39. The Bertz CT molecular complexity index is 876. The number of rotatable bonds is 3. The third kappa shape index (κ3) is 2.12. The lowest BCUT2D eigenvalue weighted by Gasteiger charge is -2.30. The first kappa shape index (κ1) is 17.7. The molecule has 4 heteroatoms. The molecule has 4 nitrogen and oxygen atoms in total. The lowest BCUT2D eigenvalue weighted by Crippen LogP contribution is -2.41. The summed E-state index contributed by atoms with van der Waals surface area (Å²) >= 11 is 0. The largest absolute Gasteiger partial charge is 0.488 e. The topological polar surface area (TPSA) is 35.5 Å². The van der Waals surface area contributed by atoms with Gasteiger partial charge in [0.2, 0.25) is 5.54 Å². The number of carbonyl (C=O) groups excluding carboxylic acids is 1. The van der Waals surface area contributed by atoms with Crippen LogP contribution >= 0.6 is 0 Å². The van der Waals surface area contributed by atoms with Crippen molar-refractivity contribution < 1.29 is 18.8 Å². The highest BCUT2D eigenvalue weighted by molar-refractivity contribution is 5.73. The van der Waals surface area contributed by atoms with Crippen LogP contribution in [-0.2, 0) is 21.7 Å². The second-order valence-corrected chi connectivity index (χ2v) is 8.27. The smallest absolute Gasteiger partial charge is 0.309 e. The van der Waals surface area contributed by atoms with Crippen LogP contribution in [0.1, 0.15) is 43.4 Å².